The van der Waals surface area contributed by atoms with Gasteiger partial charge >= 0.3 is 0 Å². The van der Waals surface area contributed by atoms with Crippen LogP contribution in [-0.2, 0) is 0 Å². The van der Waals surface area contributed by atoms with E-state index in [9.17, 15) is 0 Å². The van der Waals surface area contributed by atoms with Crippen LogP contribution in [-0.4, -0.2) is 0 Å². The van der Waals surface area contributed by atoms with Crippen molar-refractivity contribution in [3.8, 4) is 0 Å². The molecule has 0 aliphatic heterocycles. The predicted molar refractivity (Wildman–Crippen MR) is 135 cm³/mol. The summed E-state index contributed by atoms with van der Waals surface area (Å²) >= 11 is 0. The largest absolute Gasteiger partial charge is 0.0616 e. The highest BCUT2D eigenvalue weighted by Crippen LogP contribution is 2.44. The molecule has 0 fully saturated rings. The van der Waals surface area contributed by atoms with Crippen molar-refractivity contribution in [1.29, 1.82) is 0 Å². The molecule has 6 aromatic carbocycles. The molecule has 0 heterocycles. The quantitative estimate of drug-likeness (QED) is 0.208. The predicted octanol–water partition coefficient (Wildman–Crippen LogP) is 9.10. The first-order valence-corrected chi connectivity index (χ1v) is 12.2. The summed E-state index contributed by atoms with van der Waals surface area (Å²) in [5.74, 6) is 0. The lowest BCUT2D eigenvalue weighted by Gasteiger charge is -2.11. The van der Waals surface area contributed by atoms with E-state index in [1.807, 2.05) is 21.6 Å². The summed E-state index contributed by atoms with van der Waals surface area (Å²) in [5, 5.41) is 10.5. The first kappa shape index (κ1) is 17.9. The highest BCUT2D eigenvalue weighted by atomic mass is 33.1. The van der Waals surface area contributed by atoms with Gasteiger partial charge in [0.15, 0.2) is 0 Å². The lowest BCUT2D eigenvalue weighted by molar-refractivity contribution is 1.56. The van der Waals surface area contributed by atoms with Crippen molar-refractivity contribution in [3.05, 3.63) is 109 Å². The van der Waals surface area contributed by atoms with Crippen LogP contribution in [0.1, 0.15) is 0 Å². The minimum atomic E-state index is 1.29. The number of benzene rings is 6. The molecule has 6 aromatic rings. The highest BCUT2D eigenvalue weighted by Gasteiger charge is 2.09. The van der Waals surface area contributed by atoms with Gasteiger partial charge in [0.25, 0.3) is 0 Å². The number of rotatable bonds is 3. The van der Waals surface area contributed by atoms with E-state index in [0.717, 1.165) is 0 Å². The Morgan fingerprint density at radius 3 is 1.23 bits per heavy atom. The Hall–Kier alpha value is -2.94. The third kappa shape index (κ3) is 2.96. The Morgan fingerprint density at radius 2 is 0.733 bits per heavy atom. The maximum atomic E-state index is 2.26. The van der Waals surface area contributed by atoms with Crippen LogP contribution in [0.5, 0.6) is 0 Å². The standard InChI is InChI=1S/C28H18S2/c1-3-9-21-19(7-1)15-17-25-23(21)11-5-13-27(25)29-30-28-14-6-12-24-22-10-4-2-8-20(22)16-18-26(24)28/h1-18H. The summed E-state index contributed by atoms with van der Waals surface area (Å²) in [4.78, 5) is 2.61. The SMILES string of the molecule is c1ccc2c(c1)ccc1c(SSc3cccc4c3ccc3ccccc34)cccc12. The molecule has 0 unspecified atom stereocenters. The van der Waals surface area contributed by atoms with Gasteiger partial charge in [0, 0.05) is 9.79 Å². The minimum absolute atomic E-state index is 1.29. The molecule has 0 spiro atoms. The zero-order valence-corrected chi connectivity index (χ0v) is 17.8. The maximum Gasteiger partial charge on any atom is 0.0264 e. The molecule has 142 valence electrons. The average Bonchev–Trinajstić information content (AvgIpc) is 2.82. The van der Waals surface area contributed by atoms with E-state index in [1.54, 1.807) is 0 Å². The van der Waals surface area contributed by atoms with Gasteiger partial charge in [-0.25, -0.2) is 0 Å². The summed E-state index contributed by atoms with van der Waals surface area (Å²) in [6.45, 7) is 0. The Labute approximate surface area is 183 Å². The number of hydrogen-bond donors (Lipinski definition) is 0. The Bertz CT molecular complexity index is 1430. The van der Waals surface area contributed by atoms with Gasteiger partial charge in [0.05, 0.1) is 0 Å². The van der Waals surface area contributed by atoms with E-state index >= 15 is 0 Å². The second-order valence-corrected chi connectivity index (χ2v) is 9.66. The first-order chi connectivity index (χ1) is 14.9. The van der Waals surface area contributed by atoms with Crippen LogP contribution < -0.4 is 0 Å². The topological polar surface area (TPSA) is 0 Å². The molecule has 0 saturated carbocycles. The molecule has 0 aliphatic rings. The van der Waals surface area contributed by atoms with Gasteiger partial charge in [-0.05, 0) is 55.2 Å². The van der Waals surface area contributed by atoms with Gasteiger partial charge in [0.2, 0.25) is 0 Å². The van der Waals surface area contributed by atoms with Gasteiger partial charge in [-0.3, -0.25) is 0 Å². The summed E-state index contributed by atoms with van der Waals surface area (Å²) in [7, 11) is 3.70. The minimum Gasteiger partial charge on any atom is -0.0616 e. The molecule has 0 bridgehead atoms. The number of hydrogen-bond acceptors (Lipinski definition) is 2. The molecule has 0 radical (unpaired) electrons. The lowest BCUT2D eigenvalue weighted by atomic mass is 10.0. The second-order valence-electron chi connectivity index (χ2n) is 7.44. The molecular weight excluding hydrogens is 400 g/mol. The van der Waals surface area contributed by atoms with Crippen LogP contribution in [0, 0.1) is 0 Å². The van der Waals surface area contributed by atoms with Crippen molar-refractivity contribution < 1.29 is 0 Å². The summed E-state index contributed by atoms with van der Waals surface area (Å²) in [6, 6.07) is 39.5. The Morgan fingerprint density at radius 1 is 0.300 bits per heavy atom. The van der Waals surface area contributed by atoms with Gasteiger partial charge in [-0.15, -0.1) is 0 Å². The van der Waals surface area contributed by atoms with Gasteiger partial charge in [-0.1, -0.05) is 119 Å². The molecule has 0 amide bonds. The van der Waals surface area contributed by atoms with Gasteiger partial charge in [0.1, 0.15) is 0 Å². The van der Waals surface area contributed by atoms with E-state index in [0.29, 0.717) is 0 Å². The molecule has 0 aromatic heterocycles. The number of fused-ring (bicyclic) bond motifs is 6. The van der Waals surface area contributed by atoms with Gasteiger partial charge < -0.3 is 0 Å². The van der Waals surface area contributed by atoms with Crippen LogP contribution in [0.15, 0.2) is 119 Å². The van der Waals surface area contributed by atoms with Crippen LogP contribution in [0.4, 0.5) is 0 Å². The average molecular weight is 419 g/mol. The van der Waals surface area contributed by atoms with Crippen molar-refractivity contribution >= 4 is 64.7 Å². The fourth-order valence-corrected chi connectivity index (χ4v) is 6.65. The van der Waals surface area contributed by atoms with E-state index in [1.165, 1.54) is 52.9 Å². The van der Waals surface area contributed by atoms with Crippen LogP contribution in [0.25, 0.3) is 43.1 Å². The van der Waals surface area contributed by atoms with E-state index < -0.39 is 0 Å². The van der Waals surface area contributed by atoms with Crippen molar-refractivity contribution in [2.24, 2.45) is 0 Å². The first-order valence-electron chi connectivity index (χ1n) is 10.0. The third-order valence-electron chi connectivity index (χ3n) is 5.71. The normalized spacial score (nSPS) is 11.6. The van der Waals surface area contributed by atoms with Crippen molar-refractivity contribution in [2.45, 2.75) is 9.79 Å². The van der Waals surface area contributed by atoms with Crippen molar-refractivity contribution in [3.63, 3.8) is 0 Å². The highest BCUT2D eigenvalue weighted by molar-refractivity contribution is 8.76. The molecule has 0 saturated heterocycles. The summed E-state index contributed by atoms with van der Waals surface area (Å²) in [5.41, 5.74) is 0. The molecule has 0 nitrogen and oxygen atoms in total. The summed E-state index contributed by atoms with van der Waals surface area (Å²) in [6.07, 6.45) is 0. The molecule has 0 atom stereocenters. The molecule has 2 heteroatoms. The van der Waals surface area contributed by atoms with Crippen LogP contribution >= 0.6 is 21.6 Å². The Kier molecular flexibility index (Phi) is 4.40. The van der Waals surface area contributed by atoms with Gasteiger partial charge in [-0.2, -0.15) is 0 Å². The molecule has 0 N–H and O–H groups in total. The van der Waals surface area contributed by atoms with E-state index in [2.05, 4.69) is 109 Å². The summed E-state index contributed by atoms with van der Waals surface area (Å²) < 4.78 is 0. The maximum absolute atomic E-state index is 2.26. The zero-order valence-electron chi connectivity index (χ0n) is 16.2. The third-order valence-corrected chi connectivity index (χ3v) is 8.20. The van der Waals surface area contributed by atoms with E-state index in [-0.39, 0.29) is 0 Å². The molecule has 30 heavy (non-hydrogen) atoms. The molecule has 6 rings (SSSR count). The monoisotopic (exact) mass is 418 g/mol. The van der Waals surface area contributed by atoms with Crippen LogP contribution in [0.2, 0.25) is 0 Å². The smallest absolute Gasteiger partial charge is 0.0264 e. The van der Waals surface area contributed by atoms with E-state index in [4.69, 9.17) is 0 Å². The molecular formula is C28H18S2. The fourth-order valence-electron chi connectivity index (χ4n) is 4.26. The Balaban J connectivity index is 1.42. The van der Waals surface area contributed by atoms with Crippen molar-refractivity contribution in [1.82, 2.24) is 0 Å². The fraction of sp³-hybridized carbons (Fsp3) is 0. The lowest BCUT2D eigenvalue weighted by Crippen LogP contribution is -1.81. The van der Waals surface area contributed by atoms with Crippen LogP contribution in [0.3, 0.4) is 0 Å². The molecule has 0 aliphatic carbocycles. The second kappa shape index (κ2) is 7.39. The zero-order chi connectivity index (χ0) is 19.9. The van der Waals surface area contributed by atoms with Crippen molar-refractivity contribution in [2.75, 3.05) is 0 Å².